The molecule has 2 unspecified atom stereocenters. The number of hydrogen-bond acceptors (Lipinski definition) is 17. The molecule has 2 aromatic carbocycles. The van der Waals surface area contributed by atoms with E-state index in [1.807, 2.05) is 24.3 Å². The number of carbonyl (C=O) groups is 9. The molecule has 7 rings (SSSR count). The highest BCUT2D eigenvalue weighted by Gasteiger charge is 2.39. The van der Waals surface area contributed by atoms with E-state index < -0.39 is 148 Å². The van der Waals surface area contributed by atoms with Crippen LogP contribution in [0.3, 0.4) is 0 Å². The zero-order valence-electron chi connectivity index (χ0n) is 64.2. The summed E-state index contributed by atoms with van der Waals surface area (Å²) in [6.07, 6.45) is 0.307. The first-order chi connectivity index (χ1) is 47.1. The normalized spacial score (nSPS) is 25.8. The molecule has 23 nitrogen and oxygen atoms in total. The molecule has 2 aromatic heterocycles. The number of alkyl carbamates (subject to hydrolysis) is 1. The Kier molecular flexibility index (Phi) is 20.6. The van der Waals surface area contributed by atoms with E-state index in [0.717, 1.165) is 29.6 Å². The molecule has 26 heteroatoms. The summed E-state index contributed by atoms with van der Waals surface area (Å²) in [5, 5.41) is 14.0. The average molecular weight is 1360 g/mol. The number of hydrazine groups is 2. The van der Waals surface area contributed by atoms with Gasteiger partial charge in [-0.3, -0.25) is 58.3 Å². The van der Waals surface area contributed by atoms with Gasteiger partial charge in [-0.2, -0.15) is 0 Å². The molecule has 0 aliphatic carbocycles. The summed E-state index contributed by atoms with van der Waals surface area (Å²) in [5.74, 6) is -14.0. The second-order valence-electron chi connectivity index (χ2n) is 25.0. The molecule has 4 aromatic rings. The third kappa shape index (κ3) is 21.5. The molecule has 5 heterocycles. The smallest absolute Gasteiger partial charge is 0.408 e. The van der Waals surface area contributed by atoms with Crippen molar-refractivity contribution in [1.82, 2.24) is 52.1 Å². The van der Waals surface area contributed by atoms with Crippen LogP contribution in [0.2, 0.25) is 0 Å². The number of amides is 6. The number of esters is 3. The van der Waals surface area contributed by atoms with Gasteiger partial charge in [-0.25, -0.2) is 15.6 Å². The largest absolute Gasteiger partial charge is 0.460 e. The van der Waals surface area contributed by atoms with Crippen molar-refractivity contribution in [2.45, 2.75) is 187 Å². The molecular weight excluding hydrogens is 1260 g/mol. The van der Waals surface area contributed by atoms with Gasteiger partial charge in [-0.15, -0.1) is 0 Å². The second kappa shape index (κ2) is 31.7. The van der Waals surface area contributed by atoms with Crippen LogP contribution in [-0.4, -0.2) is 139 Å². The Morgan fingerprint density at radius 1 is 0.839 bits per heavy atom. The molecule has 10 atom stereocenters. The molecule has 93 heavy (non-hydrogen) atoms. The van der Waals surface area contributed by atoms with Crippen LogP contribution in [0.1, 0.15) is 178 Å². The lowest BCUT2D eigenvalue weighted by Crippen LogP contribution is -2.61. The predicted octanol–water partition coefficient (Wildman–Crippen LogP) is 9.37. The van der Waals surface area contributed by atoms with Gasteiger partial charge in [-0.1, -0.05) is 123 Å². The highest BCUT2D eigenvalue weighted by molar-refractivity contribution is 6.67. The van der Waals surface area contributed by atoms with Crippen molar-refractivity contribution in [3.8, 4) is 0 Å². The van der Waals surface area contributed by atoms with Gasteiger partial charge in [0, 0.05) is 34.8 Å². The number of nitrogens with one attached hydrogen (secondary N) is 6. The first-order valence-electron chi connectivity index (χ1n) is 35.1. The lowest BCUT2D eigenvalue weighted by Gasteiger charge is -2.35. The van der Waals surface area contributed by atoms with Crippen molar-refractivity contribution in [3.63, 3.8) is 0 Å². The van der Waals surface area contributed by atoms with Crippen LogP contribution < -0.4 is 32.1 Å². The van der Waals surface area contributed by atoms with Gasteiger partial charge < -0.3 is 40.2 Å². The Hall–Kier alpha value is -7.44. The molecule has 0 saturated carbocycles. The van der Waals surface area contributed by atoms with Crippen molar-refractivity contribution in [2.24, 2.45) is 22.6 Å². The van der Waals surface area contributed by atoms with Gasteiger partial charge in [0.05, 0.1) is 48.1 Å². The maximum atomic E-state index is 13.8. The topological polar surface area (TPSA) is 295 Å². The quantitative estimate of drug-likeness (QED) is 0.0413. The number of carbonyl (C=O) groups excluding carboxylic acids is 9. The maximum Gasteiger partial charge on any atom is 0.408 e. The third-order valence-electron chi connectivity index (χ3n) is 14.7. The van der Waals surface area contributed by atoms with Gasteiger partial charge >= 0.3 is 24.0 Å². The van der Waals surface area contributed by atoms with Gasteiger partial charge in [0.1, 0.15) is 36.4 Å². The first kappa shape index (κ1) is 60.5. The molecule has 3 aliphatic heterocycles. The Bertz CT molecular complexity index is 3950. The predicted molar refractivity (Wildman–Crippen MR) is 355 cm³/mol. The lowest BCUT2D eigenvalue weighted by molar-refractivity contribution is -0.165. The molecular formula is C67H89Cl3N10O13. The number of cyclic esters (lactones) is 1. The molecule has 6 amide bonds. The van der Waals surface area contributed by atoms with Gasteiger partial charge in [0.2, 0.25) is 9.70 Å². The number of rotatable bonds is 13. The summed E-state index contributed by atoms with van der Waals surface area (Å²) >= 11 is 16.9. The molecule has 0 radical (unpaired) electrons. The number of nitrogens with zero attached hydrogens (tertiary/aromatic N) is 4. The summed E-state index contributed by atoms with van der Waals surface area (Å²) in [4.78, 5) is 129. The van der Waals surface area contributed by atoms with Crippen molar-refractivity contribution in [3.05, 3.63) is 95.3 Å². The Morgan fingerprint density at radius 2 is 1.49 bits per heavy atom. The summed E-state index contributed by atoms with van der Waals surface area (Å²) in [7, 11) is 0. The standard InChI is InChI=1S/C37H50Cl3N5O8.C30H39N5O5/c1-21(2)29(30(46)41-23(4)31(47)45-18-10-11-27(44-45)32(48)51-20-37(38,39)40)52-33(49)36(8,9)17-16-24-12-13-25-14-15-26(43-28(25)19-24)22(3)42-34(50)53-35(5,6)7;1-17(2)25-27(37)32-19(4)28(38)35-15-7-8-23(34-35)26(36)31-18(3)22-12-11-21-10-9-20(16-24(21)33-22)13-14-30(5,6)29(39)40-25/h12-17,19,21-23,27,29,44H,10-11,18,20H2,1-9H3,(H,41,46)(H,42,50);9-14,16-19,23,25,34H,7-8,15H2,1-6H3,(H,31,36)(H,32,37)/b17-16+;14-13+/t22-,23+,27+,29+;18-,19+,23+,25+/m11/s1/i1D3,21D,29D;1D3,17D,25D/t21?,22-,23+,27+,29+;17?,18-,19+,23+,25+. The van der Waals surface area contributed by atoms with E-state index >= 15 is 0 Å². The van der Waals surface area contributed by atoms with Crippen LogP contribution in [0.5, 0.6) is 0 Å². The number of halogens is 3. The number of aromatic nitrogens is 2. The monoisotopic (exact) mass is 1360 g/mol. The molecule has 2 saturated heterocycles. The van der Waals surface area contributed by atoms with Crippen molar-refractivity contribution in [1.29, 1.82) is 0 Å². The van der Waals surface area contributed by atoms with Crippen LogP contribution in [0, 0.1) is 22.6 Å². The first-order valence-corrected chi connectivity index (χ1v) is 31.2. The van der Waals surface area contributed by atoms with Crippen molar-refractivity contribution >= 4 is 122 Å². The van der Waals surface area contributed by atoms with Crippen molar-refractivity contribution in [2.75, 3.05) is 19.7 Å². The highest BCUT2D eigenvalue weighted by Crippen LogP contribution is 2.30. The maximum absolute atomic E-state index is 13.8. The number of benzene rings is 2. The van der Waals surface area contributed by atoms with Gasteiger partial charge in [0.15, 0.2) is 12.2 Å². The van der Waals surface area contributed by atoms with E-state index in [0.29, 0.717) is 52.8 Å². The summed E-state index contributed by atoms with van der Waals surface area (Å²) < 4.78 is 102. The van der Waals surface area contributed by atoms with E-state index in [-0.39, 0.29) is 25.4 Å². The van der Waals surface area contributed by atoms with Gasteiger partial charge in [0.25, 0.3) is 23.6 Å². The minimum Gasteiger partial charge on any atom is -0.460 e. The Labute approximate surface area is 572 Å². The van der Waals surface area contributed by atoms with Crippen LogP contribution >= 0.6 is 34.8 Å². The molecule has 2 fully saturated rings. The lowest BCUT2D eigenvalue weighted by atomic mass is 9.92. The summed E-state index contributed by atoms with van der Waals surface area (Å²) in [6.45, 7) is 11.9. The number of fused-ring (bicyclic) bond motifs is 5. The van der Waals surface area contributed by atoms with Gasteiger partial charge in [-0.05, 0) is 149 Å². The SMILES string of the molecule is [2H]C([2H])([2H])C([2H])(C)[C@]([2H])(OC(=O)C(C)(C)/C=C/c1ccc2ccc([C@@H](C)NC(=O)OC(C)(C)C)nc2c1)C(=O)N[C@@H](C)C(=O)N1CCC[C@@H](C(=O)OCC(Cl)(Cl)Cl)N1.[2H]C([2H])([2H])C([2H])(C)[C@]1([2H])OC(=O)C(C)(C)/C=C/c2ccc3ccc(nc3c2)[C@@H](C)NC(=O)[C@@H]2CCCN(N2)C(=O)[C@H](C)NC1=O. The zero-order valence-corrected chi connectivity index (χ0v) is 56.5. The fraction of sp³-hybridized carbons (Fsp3) is 0.537. The Balaban J connectivity index is 0.000000333. The zero-order chi connectivity index (χ0) is 77.8. The Morgan fingerprint density at radius 3 is 2.17 bits per heavy atom. The highest BCUT2D eigenvalue weighted by atomic mass is 35.6. The van der Waals surface area contributed by atoms with E-state index in [1.165, 1.54) is 58.7 Å². The minimum atomic E-state index is -3.40. The fourth-order valence-electron chi connectivity index (χ4n) is 9.33. The van der Waals surface area contributed by atoms with E-state index in [9.17, 15) is 43.2 Å². The van der Waals surface area contributed by atoms with Crippen LogP contribution in [0.4, 0.5) is 4.79 Å². The number of alkyl halides is 3. The number of pyridine rings is 2. The van der Waals surface area contributed by atoms with E-state index in [1.54, 1.807) is 83.2 Å². The molecule has 3 aliphatic rings. The van der Waals surface area contributed by atoms with Crippen LogP contribution in [-0.2, 0) is 57.3 Å². The van der Waals surface area contributed by atoms with Crippen LogP contribution in [0.25, 0.3) is 34.0 Å². The van der Waals surface area contributed by atoms with E-state index in [2.05, 4.69) is 37.1 Å². The van der Waals surface area contributed by atoms with E-state index in [4.69, 9.17) is 72.4 Å². The summed E-state index contributed by atoms with van der Waals surface area (Å²) in [5.41, 5.74) is 5.46. The fourth-order valence-corrected chi connectivity index (χ4v) is 9.50. The number of hydrogen-bond donors (Lipinski definition) is 6. The number of ether oxygens (including phenoxy) is 4. The van der Waals surface area contributed by atoms with Crippen LogP contribution in [0.15, 0.2) is 72.8 Å². The third-order valence-corrected chi connectivity index (χ3v) is 15.0. The second-order valence-corrected chi connectivity index (χ2v) is 27.5. The summed E-state index contributed by atoms with van der Waals surface area (Å²) in [6, 6.07) is 12.5. The van der Waals surface area contributed by atoms with Crippen molar-refractivity contribution < 1.29 is 75.8 Å². The molecule has 0 spiro atoms. The molecule has 5 bridgehead atoms. The minimum absolute atomic E-state index is 0.0963. The molecule has 506 valence electrons. The average Bonchev–Trinajstić information content (AvgIpc) is 0.786. The molecule has 6 N–H and O–H groups in total.